The van der Waals surface area contributed by atoms with Gasteiger partial charge >= 0.3 is 0 Å². The van der Waals surface area contributed by atoms with E-state index in [1.54, 1.807) is 0 Å². The molecular weight excluding hydrogens is 198 g/mol. The number of nitrogens with one attached hydrogen (secondary N) is 1. The predicted octanol–water partition coefficient (Wildman–Crippen LogP) is 3.11. The molecule has 1 heterocycles. The monoisotopic (exact) mass is 225 g/mol. The Bertz CT molecular complexity index is 196. The van der Waals surface area contributed by atoms with Crippen molar-refractivity contribution in [1.29, 1.82) is 0 Å². The van der Waals surface area contributed by atoms with Gasteiger partial charge in [-0.3, -0.25) is 0 Å². The van der Waals surface area contributed by atoms with E-state index in [1.807, 2.05) is 0 Å². The van der Waals surface area contributed by atoms with Crippen molar-refractivity contribution >= 4 is 0 Å². The molecule has 94 valence electrons. The molecule has 0 bridgehead atoms. The largest absolute Gasteiger partial charge is 0.374 e. The lowest BCUT2D eigenvalue weighted by Crippen LogP contribution is -2.46. The SMILES string of the molecule is CCNC(C1CCCCC1)C1CCC(C)O1. The van der Waals surface area contributed by atoms with Crippen LogP contribution in [0.15, 0.2) is 0 Å². The van der Waals surface area contributed by atoms with E-state index >= 15 is 0 Å². The fraction of sp³-hybridized carbons (Fsp3) is 1.00. The summed E-state index contributed by atoms with van der Waals surface area (Å²) in [5.41, 5.74) is 0. The fourth-order valence-corrected chi connectivity index (χ4v) is 3.43. The third-order valence-corrected chi connectivity index (χ3v) is 4.26. The van der Waals surface area contributed by atoms with Crippen LogP contribution < -0.4 is 5.32 Å². The van der Waals surface area contributed by atoms with Gasteiger partial charge in [0, 0.05) is 6.04 Å². The van der Waals surface area contributed by atoms with Crippen molar-refractivity contribution < 1.29 is 4.74 Å². The molecule has 1 aliphatic heterocycles. The number of ether oxygens (including phenoxy) is 1. The normalized spacial score (nSPS) is 34.1. The lowest BCUT2D eigenvalue weighted by molar-refractivity contribution is 0.0124. The van der Waals surface area contributed by atoms with Gasteiger partial charge in [0.15, 0.2) is 0 Å². The average molecular weight is 225 g/mol. The van der Waals surface area contributed by atoms with E-state index in [0.717, 1.165) is 12.5 Å². The van der Waals surface area contributed by atoms with Crippen LogP contribution in [0.3, 0.4) is 0 Å². The summed E-state index contributed by atoms with van der Waals surface area (Å²) in [6.45, 7) is 5.51. The van der Waals surface area contributed by atoms with Gasteiger partial charge in [-0.2, -0.15) is 0 Å². The van der Waals surface area contributed by atoms with E-state index in [1.165, 1.54) is 44.9 Å². The molecule has 1 aliphatic carbocycles. The molecule has 0 amide bonds. The standard InChI is InChI=1S/C14H27NO/c1-3-15-14(12-7-5-4-6-8-12)13-10-9-11(2)16-13/h11-15H,3-10H2,1-2H3. The highest BCUT2D eigenvalue weighted by molar-refractivity contribution is 4.88. The number of hydrogen-bond acceptors (Lipinski definition) is 2. The maximum absolute atomic E-state index is 6.07. The second-order valence-electron chi connectivity index (χ2n) is 5.54. The molecule has 0 radical (unpaired) electrons. The summed E-state index contributed by atoms with van der Waals surface area (Å²) < 4.78 is 6.07. The minimum absolute atomic E-state index is 0.481. The Morgan fingerprint density at radius 1 is 1.12 bits per heavy atom. The Morgan fingerprint density at radius 2 is 1.88 bits per heavy atom. The molecule has 16 heavy (non-hydrogen) atoms. The smallest absolute Gasteiger partial charge is 0.0735 e. The zero-order valence-corrected chi connectivity index (χ0v) is 10.9. The fourth-order valence-electron chi connectivity index (χ4n) is 3.43. The minimum Gasteiger partial charge on any atom is -0.374 e. The summed E-state index contributed by atoms with van der Waals surface area (Å²) in [6, 6.07) is 0.621. The summed E-state index contributed by atoms with van der Waals surface area (Å²) in [6.07, 6.45) is 10.6. The zero-order chi connectivity index (χ0) is 11.4. The van der Waals surface area contributed by atoms with Crippen LogP contribution in [0, 0.1) is 5.92 Å². The molecule has 0 aromatic heterocycles. The quantitative estimate of drug-likeness (QED) is 0.794. The topological polar surface area (TPSA) is 21.3 Å². The molecule has 1 saturated carbocycles. The Morgan fingerprint density at radius 3 is 2.44 bits per heavy atom. The van der Waals surface area contributed by atoms with Crippen molar-refractivity contribution in [3.05, 3.63) is 0 Å². The molecule has 3 unspecified atom stereocenters. The molecule has 0 aromatic rings. The van der Waals surface area contributed by atoms with Gasteiger partial charge in [-0.1, -0.05) is 26.2 Å². The maximum atomic E-state index is 6.07. The summed E-state index contributed by atoms with van der Waals surface area (Å²) in [7, 11) is 0. The Hall–Kier alpha value is -0.0800. The van der Waals surface area contributed by atoms with E-state index < -0.39 is 0 Å². The summed E-state index contributed by atoms with van der Waals surface area (Å²) in [4.78, 5) is 0. The minimum atomic E-state index is 0.481. The van der Waals surface area contributed by atoms with E-state index in [0.29, 0.717) is 18.2 Å². The van der Waals surface area contributed by atoms with Crippen molar-refractivity contribution in [2.45, 2.75) is 77.0 Å². The van der Waals surface area contributed by atoms with Gasteiger partial charge in [0.05, 0.1) is 12.2 Å². The molecule has 1 N–H and O–H groups in total. The third kappa shape index (κ3) is 2.98. The molecule has 0 aromatic carbocycles. The summed E-state index contributed by atoms with van der Waals surface area (Å²) in [5.74, 6) is 0.865. The second kappa shape index (κ2) is 6.02. The Balaban J connectivity index is 1.92. The Kier molecular flexibility index (Phi) is 4.66. The molecule has 3 atom stereocenters. The van der Waals surface area contributed by atoms with Crippen LogP contribution in [0.1, 0.15) is 58.8 Å². The molecule has 2 fully saturated rings. The number of hydrogen-bond donors (Lipinski definition) is 1. The summed E-state index contributed by atoms with van der Waals surface area (Å²) >= 11 is 0. The number of rotatable bonds is 4. The lowest BCUT2D eigenvalue weighted by Gasteiger charge is -2.34. The number of likely N-dealkylation sites (N-methyl/N-ethyl adjacent to an activating group) is 1. The van der Waals surface area contributed by atoms with Gasteiger partial charge in [-0.05, 0) is 45.1 Å². The van der Waals surface area contributed by atoms with Crippen LogP contribution in [0.4, 0.5) is 0 Å². The van der Waals surface area contributed by atoms with Crippen molar-refractivity contribution in [2.75, 3.05) is 6.54 Å². The van der Waals surface area contributed by atoms with E-state index in [9.17, 15) is 0 Å². The second-order valence-corrected chi connectivity index (χ2v) is 5.54. The highest BCUT2D eigenvalue weighted by atomic mass is 16.5. The van der Waals surface area contributed by atoms with E-state index in [-0.39, 0.29) is 0 Å². The van der Waals surface area contributed by atoms with Gasteiger partial charge in [0.1, 0.15) is 0 Å². The molecule has 1 saturated heterocycles. The third-order valence-electron chi connectivity index (χ3n) is 4.26. The first-order chi connectivity index (χ1) is 7.81. The van der Waals surface area contributed by atoms with Gasteiger partial charge in [0.25, 0.3) is 0 Å². The first-order valence-corrected chi connectivity index (χ1v) is 7.20. The first kappa shape index (κ1) is 12.4. The average Bonchev–Trinajstić information content (AvgIpc) is 2.74. The van der Waals surface area contributed by atoms with Crippen LogP contribution in [0.2, 0.25) is 0 Å². The van der Waals surface area contributed by atoms with Crippen LogP contribution in [-0.2, 0) is 4.74 Å². The van der Waals surface area contributed by atoms with Crippen molar-refractivity contribution in [2.24, 2.45) is 5.92 Å². The van der Waals surface area contributed by atoms with Gasteiger partial charge < -0.3 is 10.1 Å². The van der Waals surface area contributed by atoms with Crippen LogP contribution in [0.5, 0.6) is 0 Å². The van der Waals surface area contributed by atoms with Gasteiger partial charge in [-0.15, -0.1) is 0 Å². The van der Waals surface area contributed by atoms with E-state index in [4.69, 9.17) is 4.74 Å². The lowest BCUT2D eigenvalue weighted by atomic mass is 9.81. The van der Waals surface area contributed by atoms with Crippen LogP contribution in [0.25, 0.3) is 0 Å². The molecule has 2 rings (SSSR count). The molecule has 0 spiro atoms. The van der Waals surface area contributed by atoms with Gasteiger partial charge in [-0.25, -0.2) is 0 Å². The zero-order valence-electron chi connectivity index (χ0n) is 10.9. The van der Waals surface area contributed by atoms with Crippen molar-refractivity contribution in [3.63, 3.8) is 0 Å². The van der Waals surface area contributed by atoms with Crippen molar-refractivity contribution in [3.8, 4) is 0 Å². The first-order valence-electron chi connectivity index (χ1n) is 7.20. The molecule has 2 aliphatic rings. The molecule has 2 nitrogen and oxygen atoms in total. The van der Waals surface area contributed by atoms with E-state index in [2.05, 4.69) is 19.2 Å². The summed E-state index contributed by atoms with van der Waals surface area (Å²) in [5, 5.41) is 3.69. The molecule has 2 heteroatoms. The van der Waals surface area contributed by atoms with Crippen LogP contribution in [-0.4, -0.2) is 24.8 Å². The Labute approximate surface area is 100 Å². The van der Waals surface area contributed by atoms with Crippen molar-refractivity contribution in [1.82, 2.24) is 5.32 Å². The van der Waals surface area contributed by atoms with Gasteiger partial charge in [0.2, 0.25) is 0 Å². The predicted molar refractivity (Wildman–Crippen MR) is 67.6 cm³/mol. The highest BCUT2D eigenvalue weighted by Crippen LogP contribution is 2.32. The molecular formula is C14H27NO. The van der Waals surface area contributed by atoms with Crippen LogP contribution >= 0.6 is 0 Å². The highest BCUT2D eigenvalue weighted by Gasteiger charge is 2.34. The maximum Gasteiger partial charge on any atom is 0.0735 e.